The Morgan fingerprint density at radius 3 is 2.10 bits per heavy atom. The van der Waals surface area contributed by atoms with Gasteiger partial charge in [0.25, 0.3) is 0 Å². The summed E-state index contributed by atoms with van der Waals surface area (Å²) >= 11 is 17.4. The third-order valence-corrected chi connectivity index (χ3v) is 4.48. The minimum Gasteiger partial charge on any atom is -0.392 e. The molecule has 6 heteroatoms. The molecule has 3 N–H and O–H groups in total. The Labute approximate surface area is 141 Å². The van der Waals surface area contributed by atoms with Gasteiger partial charge in [-0.2, -0.15) is 0 Å². The van der Waals surface area contributed by atoms with Crippen molar-refractivity contribution in [3.63, 3.8) is 0 Å². The van der Waals surface area contributed by atoms with Crippen LogP contribution in [0.1, 0.15) is 39.5 Å². The molecule has 0 unspecified atom stereocenters. The van der Waals surface area contributed by atoms with E-state index in [4.69, 9.17) is 41.2 Å². The zero-order valence-electron chi connectivity index (χ0n) is 12.2. The number of anilines is 1. The van der Waals surface area contributed by atoms with Crippen LogP contribution in [0.5, 0.6) is 0 Å². The summed E-state index contributed by atoms with van der Waals surface area (Å²) in [6, 6.07) is 5.06. The number of amides is 1. The van der Waals surface area contributed by atoms with E-state index in [2.05, 4.69) is 5.32 Å². The molecule has 1 rings (SSSR count). The van der Waals surface area contributed by atoms with E-state index in [0.717, 1.165) is 12.8 Å². The minimum absolute atomic E-state index is 0.215. The van der Waals surface area contributed by atoms with Gasteiger partial charge in [0.05, 0.1) is 26.1 Å². The van der Waals surface area contributed by atoms with E-state index in [9.17, 15) is 4.79 Å². The SMILES string of the molecule is CCCC(CCC)(C(=O)Nc1c(Cl)cccc1Cl)C(N)=S. The maximum Gasteiger partial charge on any atom is 0.237 e. The molecule has 1 aromatic carbocycles. The van der Waals surface area contributed by atoms with Gasteiger partial charge in [0.15, 0.2) is 0 Å². The maximum atomic E-state index is 12.8. The summed E-state index contributed by atoms with van der Waals surface area (Å²) in [6.07, 6.45) is 2.82. The quantitative estimate of drug-likeness (QED) is 0.696. The van der Waals surface area contributed by atoms with E-state index >= 15 is 0 Å². The molecule has 0 aliphatic heterocycles. The Morgan fingerprint density at radius 1 is 1.24 bits per heavy atom. The van der Waals surface area contributed by atoms with Crippen LogP contribution in [0, 0.1) is 5.41 Å². The minimum atomic E-state index is -0.860. The van der Waals surface area contributed by atoms with Gasteiger partial charge in [-0.3, -0.25) is 4.79 Å². The number of carbonyl (C=O) groups is 1. The molecule has 3 nitrogen and oxygen atoms in total. The van der Waals surface area contributed by atoms with Crippen molar-refractivity contribution < 1.29 is 4.79 Å². The van der Waals surface area contributed by atoms with Crippen molar-refractivity contribution >= 4 is 52.0 Å². The lowest BCUT2D eigenvalue weighted by atomic mass is 9.78. The van der Waals surface area contributed by atoms with Crippen LogP contribution in [0.4, 0.5) is 5.69 Å². The van der Waals surface area contributed by atoms with E-state index in [-0.39, 0.29) is 10.9 Å². The number of nitrogens with two attached hydrogens (primary N) is 1. The molecule has 116 valence electrons. The highest BCUT2D eigenvalue weighted by Crippen LogP contribution is 2.35. The van der Waals surface area contributed by atoms with Gasteiger partial charge in [-0.15, -0.1) is 0 Å². The predicted octanol–water partition coefficient (Wildman–Crippen LogP) is 4.80. The van der Waals surface area contributed by atoms with Gasteiger partial charge < -0.3 is 11.1 Å². The second kappa shape index (κ2) is 7.97. The monoisotopic (exact) mass is 346 g/mol. The summed E-state index contributed by atoms with van der Waals surface area (Å²) in [5, 5.41) is 3.58. The van der Waals surface area contributed by atoms with Crippen LogP contribution in [0.3, 0.4) is 0 Å². The first-order valence-electron chi connectivity index (χ1n) is 6.94. The van der Waals surface area contributed by atoms with E-state index in [1.54, 1.807) is 18.2 Å². The number of para-hydroxylation sites is 1. The Hall–Kier alpha value is -0.840. The summed E-state index contributed by atoms with van der Waals surface area (Å²) in [5.41, 5.74) is 5.42. The topological polar surface area (TPSA) is 55.1 Å². The lowest BCUT2D eigenvalue weighted by Crippen LogP contribution is -2.46. The molecule has 1 aromatic rings. The lowest BCUT2D eigenvalue weighted by molar-refractivity contribution is -0.122. The molecular weight excluding hydrogens is 327 g/mol. The average Bonchev–Trinajstić information content (AvgIpc) is 2.42. The molecule has 0 saturated carbocycles. The highest BCUT2D eigenvalue weighted by Gasteiger charge is 2.40. The van der Waals surface area contributed by atoms with Gasteiger partial charge in [0, 0.05) is 0 Å². The fraction of sp³-hybridized carbons (Fsp3) is 0.467. The molecule has 0 saturated heterocycles. The van der Waals surface area contributed by atoms with Crippen molar-refractivity contribution in [2.45, 2.75) is 39.5 Å². The zero-order valence-corrected chi connectivity index (χ0v) is 14.5. The Morgan fingerprint density at radius 2 is 1.71 bits per heavy atom. The van der Waals surface area contributed by atoms with Crippen LogP contribution in [0.15, 0.2) is 18.2 Å². The third-order valence-electron chi connectivity index (χ3n) is 3.46. The molecule has 21 heavy (non-hydrogen) atoms. The number of hydrogen-bond donors (Lipinski definition) is 2. The van der Waals surface area contributed by atoms with Crippen LogP contribution in [-0.2, 0) is 4.79 Å². The standard InChI is InChI=1S/C15H20Cl2N2OS/c1-3-8-15(9-4-2,13(18)21)14(20)19-12-10(16)6-5-7-11(12)17/h5-7H,3-4,8-9H2,1-2H3,(H2,18,21)(H,19,20). The predicted molar refractivity (Wildman–Crippen MR) is 94.1 cm³/mol. The van der Waals surface area contributed by atoms with Crippen molar-refractivity contribution in [1.29, 1.82) is 0 Å². The molecule has 0 aliphatic rings. The van der Waals surface area contributed by atoms with Crippen molar-refractivity contribution in [2.24, 2.45) is 11.1 Å². The smallest absolute Gasteiger partial charge is 0.237 e. The van der Waals surface area contributed by atoms with Crippen LogP contribution in [0.2, 0.25) is 10.0 Å². The molecular formula is C15H20Cl2N2OS. The summed E-state index contributed by atoms with van der Waals surface area (Å²) in [6.45, 7) is 4.00. The molecule has 0 radical (unpaired) electrons. The zero-order chi connectivity index (χ0) is 16.0. The maximum absolute atomic E-state index is 12.8. The highest BCUT2D eigenvalue weighted by molar-refractivity contribution is 7.80. The van der Waals surface area contributed by atoms with Crippen molar-refractivity contribution in [3.8, 4) is 0 Å². The average molecular weight is 347 g/mol. The van der Waals surface area contributed by atoms with Crippen molar-refractivity contribution in [2.75, 3.05) is 5.32 Å². The lowest BCUT2D eigenvalue weighted by Gasteiger charge is -2.31. The Balaban J connectivity index is 3.14. The number of thiocarbonyl (C=S) groups is 1. The van der Waals surface area contributed by atoms with Crippen molar-refractivity contribution in [1.82, 2.24) is 0 Å². The first-order chi connectivity index (χ1) is 9.89. The van der Waals surface area contributed by atoms with Gasteiger partial charge in [-0.1, -0.05) is 68.2 Å². The first-order valence-corrected chi connectivity index (χ1v) is 8.10. The number of rotatable bonds is 7. The van der Waals surface area contributed by atoms with Gasteiger partial charge in [0.1, 0.15) is 0 Å². The van der Waals surface area contributed by atoms with Crippen LogP contribution in [0.25, 0.3) is 0 Å². The van der Waals surface area contributed by atoms with Gasteiger partial charge in [0.2, 0.25) is 5.91 Å². The van der Waals surface area contributed by atoms with Crippen LogP contribution >= 0.6 is 35.4 Å². The fourth-order valence-electron chi connectivity index (χ4n) is 2.41. The third kappa shape index (κ3) is 4.09. The van der Waals surface area contributed by atoms with Crippen LogP contribution in [-0.4, -0.2) is 10.9 Å². The van der Waals surface area contributed by atoms with Gasteiger partial charge in [-0.25, -0.2) is 0 Å². The molecule has 0 aromatic heterocycles. The first kappa shape index (κ1) is 18.2. The molecule has 0 atom stereocenters. The summed E-state index contributed by atoms with van der Waals surface area (Å²) in [7, 11) is 0. The second-order valence-electron chi connectivity index (χ2n) is 5.00. The molecule has 0 fully saturated rings. The number of benzene rings is 1. The Bertz CT molecular complexity index is 508. The molecule has 0 spiro atoms. The normalized spacial score (nSPS) is 11.2. The van der Waals surface area contributed by atoms with Crippen LogP contribution < -0.4 is 11.1 Å². The van der Waals surface area contributed by atoms with Gasteiger partial charge >= 0.3 is 0 Å². The summed E-state index contributed by atoms with van der Waals surface area (Å²) in [5.74, 6) is -0.242. The van der Waals surface area contributed by atoms with Gasteiger partial charge in [-0.05, 0) is 25.0 Å². The largest absolute Gasteiger partial charge is 0.392 e. The number of nitrogens with one attached hydrogen (secondary N) is 1. The Kier molecular flexibility index (Phi) is 6.91. The molecule has 0 heterocycles. The highest BCUT2D eigenvalue weighted by atomic mass is 35.5. The fourth-order valence-corrected chi connectivity index (χ4v) is 3.20. The number of hydrogen-bond acceptors (Lipinski definition) is 2. The van der Waals surface area contributed by atoms with E-state index in [1.165, 1.54) is 0 Å². The molecule has 0 aliphatic carbocycles. The molecule has 0 bridgehead atoms. The van der Waals surface area contributed by atoms with Crippen molar-refractivity contribution in [3.05, 3.63) is 28.2 Å². The number of carbonyl (C=O) groups excluding carboxylic acids is 1. The van der Waals surface area contributed by atoms with E-state index in [0.29, 0.717) is 28.6 Å². The number of halogens is 2. The summed E-state index contributed by atoms with van der Waals surface area (Å²) < 4.78 is 0. The second-order valence-corrected chi connectivity index (χ2v) is 6.25. The molecule has 1 amide bonds. The van der Waals surface area contributed by atoms with E-state index < -0.39 is 5.41 Å². The van der Waals surface area contributed by atoms with E-state index in [1.807, 2.05) is 13.8 Å². The summed E-state index contributed by atoms with van der Waals surface area (Å²) in [4.78, 5) is 13.0.